The molecule has 2 heterocycles. The Hall–Kier alpha value is -4.22. The number of alkyl halides is 3. The third-order valence-corrected chi connectivity index (χ3v) is 5.14. The number of nitrogens with zero attached hydrogens (tertiary/aromatic N) is 4. The van der Waals surface area contributed by atoms with Gasteiger partial charge >= 0.3 is 12.1 Å². The highest BCUT2D eigenvalue weighted by Crippen LogP contribution is 2.34. The van der Waals surface area contributed by atoms with Gasteiger partial charge < -0.3 is 14.2 Å². The number of hydrogen-bond acceptors (Lipinski definition) is 9. The molecule has 0 radical (unpaired) electrons. The number of anilines is 2. The zero-order valence-electron chi connectivity index (χ0n) is 19.4. The van der Waals surface area contributed by atoms with E-state index in [1.807, 2.05) is 0 Å². The van der Waals surface area contributed by atoms with Crippen LogP contribution in [0.5, 0.6) is 17.4 Å². The van der Waals surface area contributed by atoms with Crippen LogP contribution in [0.25, 0.3) is 21.8 Å². The molecule has 0 aliphatic rings. The van der Waals surface area contributed by atoms with Crippen molar-refractivity contribution in [2.45, 2.75) is 26.9 Å². The molecule has 0 unspecified atom stereocenters. The maximum absolute atomic E-state index is 12.9. The van der Waals surface area contributed by atoms with Crippen LogP contribution in [0.15, 0.2) is 24.3 Å². The summed E-state index contributed by atoms with van der Waals surface area (Å²) in [6.45, 7) is 5.24. The summed E-state index contributed by atoms with van der Waals surface area (Å²) < 4.78 is 53.9. The van der Waals surface area contributed by atoms with Gasteiger partial charge in [0.2, 0.25) is 17.8 Å². The normalized spacial score (nSPS) is 11.5. The van der Waals surface area contributed by atoms with Crippen molar-refractivity contribution in [3.8, 4) is 17.4 Å². The van der Waals surface area contributed by atoms with Crippen LogP contribution >= 0.6 is 0 Å². The maximum Gasteiger partial charge on any atom is 0.491 e. The predicted molar refractivity (Wildman–Crippen MR) is 121 cm³/mol. The van der Waals surface area contributed by atoms with Gasteiger partial charge in [-0.25, -0.2) is 19.7 Å². The molecule has 12 heteroatoms. The van der Waals surface area contributed by atoms with Crippen molar-refractivity contribution in [3.05, 3.63) is 41.1 Å². The third-order valence-electron chi connectivity index (χ3n) is 5.14. The molecule has 182 valence electrons. The molecule has 0 atom stereocenters. The molecule has 0 saturated carbocycles. The minimum atomic E-state index is -5.19. The number of fused-ring (bicyclic) bond motifs is 2. The van der Waals surface area contributed by atoms with Crippen molar-refractivity contribution >= 4 is 39.7 Å². The molecular formula is C23H20F3N5O4. The summed E-state index contributed by atoms with van der Waals surface area (Å²) in [5, 5.41) is 3.67. The van der Waals surface area contributed by atoms with E-state index in [9.17, 15) is 18.0 Å². The summed E-state index contributed by atoms with van der Waals surface area (Å²) in [6.07, 6.45) is -5.19. The molecule has 0 fully saturated rings. The van der Waals surface area contributed by atoms with Crippen LogP contribution in [0.2, 0.25) is 0 Å². The number of methoxy groups -OCH3 is 2. The second-order valence-electron chi connectivity index (χ2n) is 7.70. The SMILES string of the molecule is COc1cc2nc(Nc3nc(OC(=O)C(F)(F)F)c4cc(C)cc(C)c4n3)nc(C)c2cc1OC. The number of rotatable bonds is 5. The lowest BCUT2D eigenvalue weighted by molar-refractivity contribution is -0.189. The number of aryl methyl sites for hydroxylation is 3. The summed E-state index contributed by atoms with van der Waals surface area (Å²) >= 11 is 0. The molecule has 0 spiro atoms. The lowest BCUT2D eigenvalue weighted by atomic mass is 10.1. The molecule has 0 aliphatic carbocycles. The number of benzene rings is 2. The fourth-order valence-electron chi connectivity index (χ4n) is 3.60. The highest BCUT2D eigenvalue weighted by Gasteiger charge is 2.42. The minimum absolute atomic E-state index is 0.0828. The Labute approximate surface area is 197 Å². The molecule has 0 aliphatic heterocycles. The van der Waals surface area contributed by atoms with Crippen molar-refractivity contribution in [3.63, 3.8) is 0 Å². The zero-order chi connectivity index (χ0) is 25.5. The molecule has 0 amide bonds. The van der Waals surface area contributed by atoms with Crippen LogP contribution in [0.4, 0.5) is 25.1 Å². The standard InChI is InChI=1S/C23H20F3N5O4/c1-10-6-11(2)18-14(7-10)19(35-20(32)23(24,25)26)30-22(29-18)31-21-27-12(3)13-8-16(33-4)17(34-5)9-15(13)28-21/h6-9H,1-5H3,(H,27,28,29,30,31). The number of hydrogen-bond donors (Lipinski definition) is 1. The number of carbonyl (C=O) groups excluding carboxylic acids is 1. The van der Waals surface area contributed by atoms with Gasteiger partial charge in [-0.15, -0.1) is 0 Å². The average molecular weight is 487 g/mol. The summed E-state index contributed by atoms with van der Waals surface area (Å²) in [5.41, 5.74) is 2.81. The van der Waals surface area contributed by atoms with Gasteiger partial charge in [-0.2, -0.15) is 18.2 Å². The first-order valence-corrected chi connectivity index (χ1v) is 10.3. The predicted octanol–water partition coefficient (Wildman–Crippen LogP) is 4.73. The highest BCUT2D eigenvalue weighted by molar-refractivity contribution is 5.91. The monoisotopic (exact) mass is 487 g/mol. The third kappa shape index (κ3) is 4.72. The van der Waals surface area contributed by atoms with Gasteiger partial charge in [0.05, 0.1) is 36.3 Å². The van der Waals surface area contributed by atoms with E-state index < -0.39 is 18.0 Å². The smallest absolute Gasteiger partial charge is 0.491 e. The van der Waals surface area contributed by atoms with Crippen molar-refractivity contribution in [1.82, 2.24) is 19.9 Å². The largest absolute Gasteiger partial charge is 0.493 e. The number of ether oxygens (including phenoxy) is 3. The summed E-state index contributed by atoms with van der Waals surface area (Å²) in [6, 6.07) is 6.74. The topological polar surface area (TPSA) is 108 Å². The Morgan fingerprint density at radius 2 is 1.51 bits per heavy atom. The Morgan fingerprint density at radius 1 is 0.857 bits per heavy atom. The lowest BCUT2D eigenvalue weighted by Gasteiger charge is -2.14. The van der Waals surface area contributed by atoms with Gasteiger partial charge in [0.15, 0.2) is 11.5 Å². The Balaban J connectivity index is 1.82. The number of esters is 1. The van der Waals surface area contributed by atoms with E-state index in [2.05, 4.69) is 30.0 Å². The van der Waals surface area contributed by atoms with Crippen molar-refractivity contribution < 1.29 is 32.2 Å². The highest BCUT2D eigenvalue weighted by atomic mass is 19.4. The van der Waals surface area contributed by atoms with Crippen LogP contribution in [-0.4, -0.2) is 46.3 Å². The van der Waals surface area contributed by atoms with Gasteiger partial charge in [-0.05, 0) is 44.0 Å². The zero-order valence-corrected chi connectivity index (χ0v) is 19.4. The summed E-state index contributed by atoms with van der Waals surface area (Å²) in [7, 11) is 3.01. The lowest BCUT2D eigenvalue weighted by Crippen LogP contribution is -2.28. The van der Waals surface area contributed by atoms with Gasteiger partial charge in [-0.3, -0.25) is 5.32 Å². The fraction of sp³-hybridized carbons (Fsp3) is 0.261. The van der Waals surface area contributed by atoms with Crippen LogP contribution in [0.1, 0.15) is 16.8 Å². The van der Waals surface area contributed by atoms with Crippen molar-refractivity contribution in [1.29, 1.82) is 0 Å². The number of halogens is 3. The molecule has 2 aromatic carbocycles. The fourth-order valence-corrected chi connectivity index (χ4v) is 3.60. The first kappa shape index (κ1) is 23.9. The number of carbonyl (C=O) groups is 1. The maximum atomic E-state index is 12.9. The van der Waals surface area contributed by atoms with Crippen LogP contribution in [0.3, 0.4) is 0 Å². The minimum Gasteiger partial charge on any atom is -0.493 e. The second-order valence-corrected chi connectivity index (χ2v) is 7.70. The number of nitrogens with one attached hydrogen (secondary N) is 1. The Morgan fingerprint density at radius 3 is 2.17 bits per heavy atom. The molecule has 0 bridgehead atoms. The van der Waals surface area contributed by atoms with E-state index in [1.165, 1.54) is 14.2 Å². The molecule has 35 heavy (non-hydrogen) atoms. The molecule has 9 nitrogen and oxygen atoms in total. The molecule has 0 saturated heterocycles. The second kappa shape index (κ2) is 8.85. The number of aromatic nitrogens is 4. The summed E-state index contributed by atoms with van der Waals surface area (Å²) in [5.74, 6) is -2.02. The van der Waals surface area contributed by atoms with Crippen LogP contribution in [0, 0.1) is 20.8 Å². The molecule has 4 rings (SSSR count). The van der Waals surface area contributed by atoms with E-state index in [0.717, 1.165) is 5.56 Å². The van der Waals surface area contributed by atoms with Gasteiger partial charge in [0.1, 0.15) is 0 Å². The molecule has 2 aromatic heterocycles. The van der Waals surface area contributed by atoms with Gasteiger partial charge in [-0.1, -0.05) is 6.07 Å². The van der Waals surface area contributed by atoms with Crippen molar-refractivity contribution in [2.24, 2.45) is 0 Å². The first-order valence-electron chi connectivity index (χ1n) is 10.3. The van der Waals surface area contributed by atoms with Crippen molar-refractivity contribution in [2.75, 3.05) is 19.5 Å². The summed E-state index contributed by atoms with van der Waals surface area (Å²) in [4.78, 5) is 28.8. The van der Waals surface area contributed by atoms with E-state index in [-0.39, 0.29) is 17.3 Å². The van der Waals surface area contributed by atoms with E-state index in [0.29, 0.717) is 39.2 Å². The average Bonchev–Trinajstić information content (AvgIpc) is 2.78. The molecule has 1 N–H and O–H groups in total. The Bertz CT molecular complexity index is 1470. The van der Waals surface area contributed by atoms with Crippen LogP contribution < -0.4 is 19.5 Å². The van der Waals surface area contributed by atoms with E-state index in [4.69, 9.17) is 9.47 Å². The first-order chi connectivity index (χ1) is 16.5. The molecular weight excluding hydrogens is 467 g/mol. The Kier molecular flexibility index (Phi) is 6.05. The quantitative estimate of drug-likeness (QED) is 0.400. The van der Waals surface area contributed by atoms with Gasteiger partial charge in [0, 0.05) is 11.5 Å². The van der Waals surface area contributed by atoms with E-state index >= 15 is 0 Å². The molecule has 4 aromatic rings. The van der Waals surface area contributed by atoms with Gasteiger partial charge in [0.25, 0.3) is 0 Å². The van der Waals surface area contributed by atoms with Crippen LogP contribution in [-0.2, 0) is 4.79 Å². The van der Waals surface area contributed by atoms with E-state index in [1.54, 1.807) is 45.0 Å².